The predicted octanol–water partition coefficient (Wildman–Crippen LogP) is 4.11. The van der Waals surface area contributed by atoms with Crippen molar-refractivity contribution in [1.82, 2.24) is 9.80 Å². The number of amides is 2. The second kappa shape index (κ2) is 9.05. The molecule has 1 aliphatic heterocycles. The lowest BCUT2D eigenvalue weighted by molar-refractivity contribution is 0.0516. The molecular weight excluding hydrogens is 404 g/mol. The van der Waals surface area contributed by atoms with Crippen LogP contribution in [0, 0.1) is 0 Å². The fraction of sp³-hybridized carbons (Fsp3) is 0.217. The molecule has 2 amide bonds. The third-order valence-electron chi connectivity index (χ3n) is 5.04. The summed E-state index contributed by atoms with van der Waals surface area (Å²) in [5, 5.41) is 0.624. The molecule has 0 radical (unpaired) electrons. The van der Waals surface area contributed by atoms with Crippen molar-refractivity contribution in [2.45, 2.75) is 6.61 Å². The van der Waals surface area contributed by atoms with Crippen LogP contribution in [0.4, 0.5) is 0 Å². The molecule has 30 heavy (non-hydrogen) atoms. The first-order valence-electron chi connectivity index (χ1n) is 9.71. The van der Waals surface area contributed by atoms with Crippen molar-refractivity contribution in [2.24, 2.45) is 0 Å². The Hall–Kier alpha value is -3.25. The minimum absolute atomic E-state index is 0.116. The number of nitrogens with zero attached hydrogens (tertiary/aromatic N) is 2. The lowest BCUT2D eigenvalue weighted by Gasteiger charge is -2.34. The number of carbonyl (C=O) groups excluding carboxylic acids is 2. The summed E-state index contributed by atoms with van der Waals surface area (Å²) in [5.41, 5.74) is 1.35. The van der Waals surface area contributed by atoms with Gasteiger partial charge in [0.2, 0.25) is 0 Å². The average molecular weight is 425 g/mol. The fourth-order valence-corrected chi connectivity index (χ4v) is 3.57. The third kappa shape index (κ3) is 4.33. The highest BCUT2D eigenvalue weighted by molar-refractivity contribution is 6.31. The van der Waals surface area contributed by atoms with Crippen LogP contribution in [0.25, 0.3) is 0 Å². The van der Waals surface area contributed by atoms with Gasteiger partial charge in [0.1, 0.15) is 12.4 Å². The largest absolute Gasteiger partial charge is 0.488 e. The molecule has 0 spiro atoms. The highest BCUT2D eigenvalue weighted by atomic mass is 35.5. The number of furan rings is 1. The van der Waals surface area contributed by atoms with Gasteiger partial charge >= 0.3 is 0 Å². The number of piperazine rings is 1. The Balaban J connectivity index is 1.40. The fourth-order valence-electron chi connectivity index (χ4n) is 3.38. The van der Waals surface area contributed by atoms with Crippen LogP contribution in [0.15, 0.2) is 71.3 Å². The Morgan fingerprint density at radius 1 is 0.867 bits per heavy atom. The van der Waals surface area contributed by atoms with Crippen LogP contribution in [0.2, 0.25) is 5.02 Å². The van der Waals surface area contributed by atoms with Crippen LogP contribution in [0.1, 0.15) is 26.5 Å². The molecule has 4 rings (SSSR count). The van der Waals surface area contributed by atoms with E-state index < -0.39 is 0 Å². The molecular formula is C23H21ClN2O4. The maximum absolute atomic E-state index is 13.1. The van der Waals surface area contributed by atoms with E-state index in [2.05, 4.69) is 0 Å². The van der Waals surface area contributed by atoms with Gasteiger partial charge in [0.15, 0.2) is 5.76 Å². The minimum atomic E-state index is -0.157. The number of carbonyl (C=O) groups is 2. The van der Waals surface area contributed by atoms with E-state index in [-0.39, 0.29) is 18.4 Å². The molecule has 2 heterocycles. The molecule has 1 fully saturated rings. The molecule has 1 saturated heterocycles. The van der Waals surface area contributed by atoms with Crippen molar-refractivity contribution in [1.29, 1.82) is 0 Å². The van der Waals surface area contributed by atoms with Gasteiger partial charge < -0.3 is 19.0 Å². The summed E-state index contributed by atoms with van der Waals surface area (Å²) in [4.78, 5) is 28.9. The highest BCUT2D eigenvalue weighted by Gasteiger charge is 2.27. The summed E-state index contributed by atoms with van der Waals surface area (Å²) in [5.74, 6) is 0.551. The molecule has 7 heteroatoms. The van der Waals surface area contributed by atoms with Gasteiger partial charge in [-0.1, -0.05) is 41.9 Å². The Morgan fingerprint density at radius 3 is 2.23 bits per heavy atom. The van der Waals surface area contributed by atoms with E-state index in [9.17, 15) is 9.59 Å². The van der Waals surface area contributed by atoms with Gasteiger partial charge in [0, 0.05) is 36.8 Å². The van der Waals surface area contributed by atoms with E-state index in [1.807, 2.05) is 30.3 Å². The molecule has 0 saturated carbocycles. The van der Waals surface area contributed by atoms with Gasteiger partial charge in [-0.05, 0) is 30.3 Å². The van der Waals surface area contributed by atoms with E-state index in [0.717, 1.165) is 5.56 Å². The van der Waals surface area contributed by atoms with Crippen LogP contribution in [-0.2, 0) is 6.61 Å². The Morgan fingerprint density at radius 2 is 1.53 bits per heavy atom. The normalized spacial score (nSPS) is 13.9. The van der Waals surface area contributed by atoms with Crippen LogP contribution in [0.5, 0.6) is 5.75 Å². The number of rotatable bonds is 5. The standard InChI is InChI=1S/C23H21ClN2O4/c24-19-8-3-1-6-17(19)16-30-20-9-4-2-7-18(20)22(27)25-11-13-26(14-12-25)23(28)21-10-5-15-29-21/h1-10,15H,11-14,16H2. The predicted molar refractivity (Wildman–Crippen MR) is 113 cm³/mol. The molecule has 1 aliphatic rings. The quantitative estimate of drug-likeness (QED) is 0.618. The molecule has 0 atom stereocenters. The summed E-state index contributed by atoms with van der Waals surface area (Å²) < 4.78 is 11.1. The summed E-state index contributed by atoms with van der Waals surface area (Å²) in [7, 11) is 0. The number of halogens is 1. The van der Waals surface area contributed by atoms with Gasteiger partial charge in [0.25, 0.3) is 11.8 Å². The number of hydrogen-bond acceptors (Lipinski definition) is 4. The van der Waals surface area contributed by atoms with Crippen molar-refractivity contribution in [3.63, 3.8) is 0 Å². The highest BCUT2D eigenvalue weighted by Crippen LogP contribution is 2.24. The third-order valence-corrected chi connectivity index (χ3v) is 5.41. The van der Waals surface area contributed by atoms with Crippen LogP contribution < -0.4 is 4.74 Å². The topological polar surface area (TPSA) is 63.0 Å². The van der Waals surface area contributed by atoms with E-state index >= 15 is 0 Å². The molecule has 0 unspecified atom stereocenters. The van der Waals surface area contributed by atoms with E-state index in [4.69, 9.17) is 20.8 Å². The molecule has 2 aromatic carbocycles. The number of ether oxygens (including phenoxy) is 1. The number of hydrogen-bond donors (Lipinski definition) is 0. The first-order valence-corrected chi connectivity index (χ1v) is 10.1. The SMILES string of the molecule is O=C(c1ccco1)N1CCN(C(=O)c2ccccc2OCc2ccccc2Cl)CC1. The zero-order valence-corrected chi connectivity index (χ0v) is 17.0. The zero-order valence-electron chi connectivity index (χ0n) is 16.3. The number of benzene rings is 2. The molecule has 1 aromatic heterocycles. The van der Waals surface area contributed by atoms with Crippen LogP contribution in [0.3, 0.4) is 0 Å². The van der Waals surface area contributed by atoms with Gasteiger partial charge in [-0.25, -0.2) is 0 Å². The maximum atomic E-state index is 13.1. The van der Waals surface area contributed by atoms with Gasteiger partial charge in [0.05, 0.1) is 11.8 Å². The van der Waals surface area contributed by atoms with E-state index in [1.54, 1.807) is 40.1 Å². The van der Waals surface area contributed by atoms with Crippen molar-refractivity contribution in [2.75, 3.05) is 26.2 Å². The van der Waals surface area contributed by atoms with Gasteiger partial charge in [-0.15, -0.1) is 0 Å². The van der Waals surface area contributed by atoms with Gasteiger partial charge in [-0.3, -0.25) is 9.59 Å². The second-order valence-corrected chi connectivity index (χ2v) is 7.35. The zero-order chi connectivity index (χ0) is 20.9. The van der Waals surface area contributed by atoms with Crippen LogP contribution in [-0.4, -0.2) is 47.8 Å². The van der Waals surface area contributed by atoms with Crippen LogP contribution >= 0.6 is 11.6 Å². The summed E-state index contributed by atoms with van der Waals surface area (Å²) in [6.07, 6.45) is 1.48. The van der Waals surface area contributed by atoms with Crippen molar-refractivity contribution in [3.05, 3.63) is 88.8 Å². The molecule has 6 nitrogen and oxygen atoms in total. The summed E-state index contributed by atoms with van der Waals surface area (Å²) >= 11 is 6.20. The first-order chi connectivity index (χ1) is 14.6. The lowest BCUT2D eigenvalue weighted by Crippen LogP contribution is -2.50. The lowest BCUT2D eigenvalue weighted by atomic mass is 10.1. The summed E-state index contributed by atoms with van der Waals surface area (Å²) in [6.45, 7) is 2.07. The van der Waals surface area contributed by atoms with Crippen molar-refractivity contribution < 1.29 is 18.7 Å². The molecule has 0 N–H and O–H groups in total. The number of para-hydroxylation sites is 1. The van der Waals surface area contributed by atoms with Gasteiger partial charge in [-0.2, -0.15) is 0 Å². The Bertz CT molecular complexity index is 1030. The maximum Gasteiger partial charge on any atom is 0.289 e. The first kappa shape index (κ1) is 20.0. The molecule has 0 bridgehead atoms. The molecule has 0 aliphatic carbocycles. The average Bonchev–Trinajstić information content (AvgIpc) is 3.33. The monoisotopic (exact) mass is 424 g/mol. The van der Waals surface area contributed by atoms with Crippen molar-refractivity contribution >= 4 is 23.4 Å². The van der Waals surface area contributed by atoms with Crippen molar-refractivity contribution in [3.8, 4) is 5.75 Å². The second-order valence-electron chi connectivity index (χ2n) is 6.94. The summed E-state index contributed by atoms with van der Waals surface area (Å²) in [6, 6.07) is 18.0. The Labute approximate surface area is 179 Å². The molecule has 3 aromatic rings. The molecule has 154 valence electrons. The minimum Gasteiger partial charge on any atom is -0.488 e. The van der Waals surface area contributed by atoms with E-state index in [0.29, 0.717) is 48.3 Å². The Kier molecular flexibility index (Phi) is 6.05. The van der Waals surface area contributed by atoms with E-state index in [1.165, 1.54) is 6.26 Å². The smallest absolute Gasteiger partial charge is 0.289 e.